The Morgan fingerprint density at radius 1 is 1.20 bits per heavy atom. The molecular formula is C18H15ClN2O4. The Labute approximate surface area is 148 Å². The molecule has 0 bridgehead atoms. The fraction of sp³-hybridized carbons (Fsp3) is 0.278. The van der Waals surface area contributed by atoms with Gasteiger partial charge in [-0.15, -0.1) is 0 Å². The number of amides is 2. The molecule has 0 aromatic heterocycles. The maximum absolute atomic E-state index is 13.0. The summed E-state index contributed by atoms with van der Waals surface area (Å²) in [6, 6.07) is 10.6. The van der Waals surface area contributed by atoms with E-state index >= 15 is 0 Å². The van der Waals surface area contributed by atoms with Gasteiger partial charge in [0.1, 0.15) is 5.41 Å². The maximum Gasteiger partial charge on any atom is 0.314 e. The van der Waals surface area contributed by atoms with Crippen molar-refractivity contribution in [2.75, 3.05) is 19.6 Å². The fourth-order valence-electron chi connectivity index (χ4n) is 3.87. The van der Waals surface area contributed by atoms with Crippen molar-refractivity contribution >= 4 is 40.2 Å². The number of rotatable bonds is 2. The Morgan fingerprint density at radius 3 is 2.64 bits per heavy atom. The predicted octanol–water partition coefficient (Wildman–Crippen LogP) is 1.77. The van der Waals surface area contributed by atoms with Crippen molar-refractivity contribution in [2.45, 2.75) is 0 Å². The Balaban J connectivity index is 1.73. The zero-order chi connectivity index (χ0) is 17.8. The van der Waals surface area contributed by atoms with Crippen LogP contribution in [-0.2, 0) is 9.59 Å². The number of benzene rings is 2. The molecule has 7 heteroatoms. The highest BCUT2D eigenvalue weighted by Crippen LogP contribution is 2.41. The molecule has 128 valence electrons. The number of fused-ring (bicyclic) bond motifs is 2. The Kier molecular flexibility index (Phi) is 3.47. The van der Waals surface area contributed by atoms with Crippen molar-refractivity contribution in [1.29, 1.82) is 0 Å². The molecule has 2 aromatic rings. The molecule has 2 fully saturated rings. The lowest BCUT2D eigenvalue weighted by molar-refractivity contribution is -0.149. The molecule has 2 amide bonds. The third-order valence-electron chi connectivity index (χ3n) is 5.25. The number of carbonyl (C=O) groups is 3. The summed E-state index contributed by atoms with van der Waals surface area (Å²) in [7, 11) is 0. The average Bonchev–Trinajstić information content (AvgIpc) is 3.13. The van der Waals surface area contributed by atoms with Crippen LogP contribution in [0.1, 0.15) is 10.4 Å². The van der Waals surface area contributed by atoms with Crippen LogP contribution in [0.3, 0.4) is 0 Å². The van der Waals surface area contributed by atoms with E-state index in [1.165, 1.54) is 4.90 Å². The summed E-state index contributed by atoms with van der Waals surface area (Å²) in [4.78, 5) is 38.3. The van der Waals surface area contributed by atoms with E-state index in [1.54, 1.807) is 24.3 Å². The second-order valence-electron chi connectivity index (χ2n) is 6.56. The predicted molar refractivity (Wildman–Crippen MR) is 91.4 cm³/mol. The van der Waals surface area contributed by atoms with E-state index in [0.717, 1.165) is 5.39 Å². The van der Waals surface area contributed by atoms with Crippen LogP contribution in [0.15, 0.2) is 36.4 Å². The fourth-order valence-corrected chi connectivity index (χ4v) is 4.10. The van der Waals surface area contributed by atoms with Crippen molar-refractivity contribution in [3.63, 3.8) is 0 Å². The van der Waals surface area contributed by atoms with Crippen molar-refractivity contribution in [3.8, 4) is 0 Å². The van der Waals surface area contributed by atoms with Crippen LogP contribution >= 0.6 is 11.6 Å². The first-order chi connectivity index (χ1) is 11.9. The minimum atomic E-state index is -1.24. The van der Waals surface area contributed by atoms with Crippen molar-refractivity contribution < 1.29 is 19.5 Å². The third kappa shape index (κ3) is 2.21. The van der Waals surface area contributed by atoms with Gasteiger partial charge < -0.3 is 15.3 Å². The van der Waals surface area contributed by atoms with Gasteiger partial charge in [-0.1, -0.05) is 35.9 Å². The molecule has 2 heterocycles. The van der Waals surface area contributed by atoms with Crippen LogP contribution in [0.4, 0.5) is 0 Å². The molecule has 2 saturated heterocycles. The molecule has 6 nitrogen and oxygen atoms in total. The summed E-state index contributed by atoms with van der Waals surface area (Å²) in [6.45, 7) is 0.173. The van der Waals surface area contributed by atoms with E-state index in [0.29, 0.717) is 16.0 Å². The van der Waals surface area contributed by atoms with Crippen molar-refractivity contribution in [2.24, 2.45) is 11.3 Å². The van der Waals surface area contributed by atoms with E-state index in [4.69, 9.17) is 11.6 Å². The minimum absolute atomic E-state index is 0.0154. The number of hydrogen-bond donors (Lipinski definition) is 2. The van der Waals surface area contributed by atoms with Gasteiger partial charge in [-0.3, -0.25) is 14.4 Å². The molecule has 2 aliphatic rings. The molecule has 0 spiro atoms. The molecule has 2 aromatic carbocycles. The number of nitrogens with zero attached hydrogens (tertiary/aromatic N) is 1. The van der Waals surface area contributed by atoms with Gasteiger partial charge in [0.25, 0.3) is 5.91 Å². The van der Waals surface area contributed by atoms with E-state index in [-0.39, 0.29) is 31.4 Å². The van der Waals surface area contributed by atoms with E-state index in [1.807, 2.05) is 12.1 Å². The van der Waals surface area contributed by atoms with Gasteiger partial charge >= 0.3 is 5.97 Å². The molecule has 2 atom stereocenters. The largest absolute Gasteiger partial charge is 0.481 e. The highest BCUT2D eigenvalue weighted by molar-refractivity contribution is 6.36. The van der Waals surface area contributed by atoms with Gasteiger partial charge in [-0.2, -0.15) is 0 Å². The molecule has 0 unspecified atom stereocenters. The first-order valence-electron chi connectivity index (χ1n) is 7.92. The van der Waals surface area contributed by atoms with Gasteiger partial charge in [0.2, 0.25) is 5.91 Å². The minimum Gasteiger partial charge on any atom is -0.481 e. The van der Waals surface area contributed by atoms with Crippen molar-refractivity contribution in [1.82, 2.24) is 10.2 Å². The highest BCUT2D eigenvalue weighted by atomic mass is 35.5. The maximum atomic E-state index is 13.0. The lowest BCUT2D eigenvalue weighted by Crippen LogP contribution is -2.41. The van der Waals surface area contributed by atoms with E-state index in [9.17, 15) is 19.5 Å². The summed E-state index contributed by atoms with van der Waals surface area (Å²) in [6.07, 6.45) is 0. The molecule has 0 radical (unpaired) electrons. The summed E-state index contributed by atoms with van der Waals surface area (Å²) >= 11 is 6.20. The summed E-state index contributed by atoms with van der Waals surface area (Å²) in [5.41, 5.74) is -0.782. The third-order valence-corrected chi connectivity index (χ3v) is 5.58. The van der Waals surface area contributed by atoms with Crippen molar-refractivity contribution in [3.05, 3.63) is 47.0 Å². The summed E-state index contributed by atoms with van der Waals surface area (Å²) in [5.74, 6) is -2.35. The van der Waals surface area contributed by atoms with E-state index < -0.39 is 17.3 Å². The standard InChI is InChI=1S/C18H15ClN2O4/c19-14-6-2-3-10-11(14)4-1-5-12(10)16(23)21-7-13-15(22)20-8-18(13,9-21)17(24)25/h1-6,13H,7-9H2,(H,20,22)(H,24,25)/t13-,18+/m0/s1. The number of likely N-dealkylation sites (tertiary alicyclic amines) is 1. The zero-order valence-electron chi connectivity index (χ0n) is 13.2. The van der Waals surface area contributed by atoms with Crippen LogP contribution in [-0.4, -0.2) is 47.4 Å². The number of carboxylic acids is 1. The van der Waals surface area contributed by atoms with Gasteiger partial charge in [0.15, 0.2) is 0 Å². The zero-order valence-corrected chi connectivity index (χ0v) is 13.9. The van der Waals surface area contributed by atoms with Gasteiger partial charge in [-0.25, -0.2) is 0 Å². The van der Waals surface area contributed by atoms with Crippen LogP contribution in [0.25, 0.3) is 10.8 Å². The first kappa shape index (κ1) is 15.9. The second kappa shape index (κ2) is 5.46. The summed E-state index contributed by atoms with van der Waals surface area (Å²) in [5, 5.41) is 14.3. The quantitative estimate of drug-likeness (QED) is 0.856. The molecule has 2 N–H and O–H groups in total. The van der Waals surface area contributed by atoms with Crippen LogP contribution < -0.4 is 5.32 Å². The van der Waals surface area contributed by atoms with Crippen LogP contribution in [0.5, 0.6) is 0 Å². The van der Waals surface area contributed by atoms with Gasteiger partial charge in [0.05, 0.1) is 5.92 Å². The smallest absolute Gasteiger partial charge is 0.314 e. The number of hydrogen-bond acceptors (Lipinski definition) is 3. The number of nitrogens with one attached hydrogen (secondary N) is 1. The molecule has 2 aliphatic heterocycles. The number of carbonyl (C=O) groups excluding carboxylic acids is 2. The van der Waals surface area contributed by atoms with Crippen LogP contribution in [0.2, 0.25) is 5.02 Å². The topological polar surface area (TPSA) is 86.7 Å². The molecule has 4 rings (SSSR count). The van der Waals surface area contributed by atoms with E-state index in [2.05, 4.69) is 5.32 Å². The molecule has 0 aliphatic carbocycles. The second-order valence-corrected chi connectivity index (χ2v) is 6.97. The first-order valence-corrected chi connectivity index (χ1v) is 8.29. The van der Waals surface area contributed by atoms with Crippen LogP contribution in [0, 0.1) is 11.3 Å². The molecule has 25 heavy (non-hydrogen) atoms. The molecular weight excluding hydrogens is 344 g/mol. The highest BCUT2D eigenvalue weighted by Gasteiger charge is 2.60. The number of halogens is 1. The average molecular weight is 359 g/mol. The van der Waals surface area contributed by atoms with Gasteiger partial charge in [-0.05, 0) is 17.5 Å². The summed E-state index contributed by atoms with van der Waals surface area (Å²) < 4.78 is 0. The number of aliphatic carboxylic acids is 1. The Bertz CT molecular complexity index is 928. The monoisotopic (exact) mass is 358 g/mol. The van der Waals surface area contributed by atoms with Gasteiger partial charge in [0, 0.05) is 35.6 Å². The SMILES string of the molecule is O=C1NC[C@@]2(C(=O)O)CN(C(=O)c3cccc4c(Cl)cccc34)C[C@@H]12. The molecule has 0 saturated carbocycles. The lowest BCUT2D eigenvalue weighted by Gasteiger charge is -2.22. The Morgan fingerprint density at radius 2 is 1.92 bits per heavy atom. The normalized spacial score (nSPS) is 25.1. The lowest BCUT2D eigenvalue weighted by atomic mass is 9.81. The Hall–Kier alpha value is -2.60. The number of carboxylic acid groups (broad SMARTS) is 1.